The fourth-order valence-electron chi connectivity index (χ4n) is 4.03. The number of nitrogens with zero attached hydrogens (tertiary/aromatic N) is 2. The van der Waals surface area contributed by atoms with Crippen LogP contribution < -0.4 is 0 Å². The van der Waals surface area contributed by atoms with Crippen LogP contribution in [-0.2, 0) is 10.2 Å². The normalized spacial score (nSPS) is 22.8. The molecule has 1 saturated heterocycles. The number of benzene rings is 1. The minimum atomic E-state index is 0.310. The van der Waals surface area contributed by atoms with Gasteiger partial charge in [-0.3, -0.25) is 4.90 Å². The highest BCUT2D eigenvalue weighted by Gasteiger charge is 2.44. The Morgan fingerprint density at radius 2 is 1.87 bits per heavy atom. The van der Waals surface area contributed by atoms with E-state index in [1.54, 1.807) is 0 Å². The third kappa shape index (κ3) is 3.74. The number of likely N-dealkylation sites (N-methyl/N-ethyl adjacent to an activating group) is 1. The minimum Gasteiger partial charge on any atom is -0.379 e. The molecule has 1 atom stereocenters. The van der Waals surface area contributed by atoms with Gasteiger partial charge < -0.3 is 9.64 Å². The Labute approximate surface area is 145 Å². The SMILES string of the molecule is CC(N(C)CCN1CCOCC1)C1(c2ccc(Cl)cc2)CCC1. The molecule has 0 N–H and O–H groups in total. The number of halogens is 1. The van der Waals surface area contributed by atoms with Crippen LogP contribution in [-0.4, -0.2) is 62.3 Å². The van der Waals surface area contributed by atoms with Crippen LogP contribution >= 0.6 is 11.6 Å². The Morgan fingerprint density at radius 1 is 1.22 bits per heavy atom. The highest BCUT2D eigenvalue weighted by molar-refractivity contribution is 6.30. The van der Waals surface area contributed by atoms with Crippen molar-refractivity contribution in [2.45, 2.75) is 37.6 Å². The van der Waals surface area contributed by atoms with Gasteiger partial charge in [0, 0.05) is 42.7 Å². The second-order valence-corrected chi connectivity index (χ2v) is 7.56. The van der Waals surface area contributed by atoms with Crippen LogP contribution in [0.1, 0.15) is 31.7 Å². The van der Waals surface area contributed by atoms with Crippen molar-refractivity contribution >= 4 is 11.6 Å². The minimum absolute atomic E-state index is 0.310. The summed E-state index contributed by atoms with van der Waals surface area (Å²) >= 11 is 6.07. The third-order valence-corrected chi connectivity index (χ3v) is 6.25. The van der Waals surface area contributed by atoms with Crippen LogP contribution in [0.4, 0.5) is 0 Å². The summed E-state index contributed by atoms with van der Waals surface area (Å²) in [5.41, 5.74) is 1.77. The number of hydrogen-bond acceptors (Lipinski definition) is 3. The number of hydrogen-bond donors (Lipinski definition) is 0. The fourth-order valence-corrected chi connectivity index (χ4v) is 4.15. The molecule has 2 fully saturated rings. The van der Waals surface area contributed by atoms with Crippen molar-refractivity contribution in [2.75, 3.05) is 46.4 Å². The molecule has 0 radical (unpaired) electrons. The monoisotopic (exact) mass is 336 g/mol. The lowest BCUT2D eigenvalue weighted by Crippen LogP contribution is -2.53. The van der Waals surface area contributed by atoms with E-state index in [-0.39, 0.29) is 0 Å². The zero-order valence-corrected chi connectivity index (χ0v) is 15.2. The average molecular weight is 337 g/mol. The van der Waals surface area contributed by atoms with E-state index in [9.17, 15) is 0 Å². The third-order valence-electron chi connectivity index (χ3n) is 6.00. The van der Waals surface area contributed by atoms with Gasteiger partial charge >= 0.3 is 0 Å². The quantitative estimate of drug-likeness (QED) is 0.791. The summed E-state index contributed by atoms with van der Waals surface area (Å²) in [5.74, 6) is 0. The van der Waals surface area contributed by atoms with Gasteiger partial charge in [0.05, 0.1) is 13.2 Å². The molecule has 1 saturated carbocycles. The number of rotatable bonds is 6. The smallest absolute Gasteiger partial charge is 0.0594 e. The molecule has 0 amide bonds. The average Bonchev–Trinajstić information content (AvgIpc) is 2.54. The van der Waals surface area contributed by atoms with Gasteiger partial charge in [-0.1, -0.05) is 30.2 Å². The molecule has 0 aromatic heterocycles. The van der Waals surface area contributed by atoms with Crippen molar-refractivity contribution in [1.29, 1.82) is 0 Å². The molecule has 128 valence electrons. The molecule has 1 aromatic carbocycles. The van der Waals surface area contributed by atoms with Crippen LogP contribution in [0.25, 0.3) is 0 Å². The Morgan fingerprint density at radius 3 is 2.43 bits per heavy atom. The summed E-state index contributed by atoms with van der Waals surface area (Å²) in [6.45, 7) is 8.57. The van der Waals surface area contributed by atoms with Crippen molar-refractivity contribution in [3.8, 4) is 0 Å². The van der Waals surface area contributed by atoms with E-state index in [2.05, 4.69) is 35.9 Å². The summed E-state index contributed by atoms with van der Waals surface area (Å²) in [4.78, 5) is 5.06. The number of ether oxygens (including phenoxy) is 1. The maximum absolute atomic E-state index is 6.07. The topological polar surface area (TPSA) is 15.7 Å². The standard InChI is InChI=1S/C19H29ClN2O/c1-16(21(2)10-11-22-12-14-23-15-13-22)19(8-3-9-19)17-4-6-18(20)7-5-17/h4-7,16H,3,8-15H2,1-2H3. The van der Waals surface area contributed by atoms with Crippen LogP contribution in [0.15, 0.2) is 24.3 Å². The Balaban J connectivity index is 1.62. The first-order valence-electron chi connectivity index (χ1n) is 8.88. The highest BCUT2D eigenvalue weighted by atomic mass is 35.5. The van der Waals surface area contributed by atoms with E-state index in [1.165, 1.54) is 24.8 Å². The molecule has 2 aliphatic rings. The van der Waals surface area contributed by atoms with Crippen LogP contribution in [0.5, 0.6) is 0 Å². The molecular weight excluding hydrogens is 308 g/mol. The van der Waals surface area contributed by atoms with Crippen molar-refractivity contribution in [1.82, 2.24) is 9.80 Å². The molecular formula is C19H29ClN2O. The van der Waals surface area contributed by atoms with Crippen molar-refractivity contribution in [3.05, 3.63) is 34.9 Å². The van der Waals surface area contributed by atoms with Crippen LogP contribution in [0.2, 0.25) is 5.02 Å². The first-order valence-corrected chi connectivity index (χ1v) is 9.26. The lowest BCUT2D eigenvalue weighted by atomic mass is 9.60. The van der Waals surface area contributed by atoms with Gasteiger partial charge in [-0.05, 0) is 44.5 Å². The lowest BCUT2D eigenvalue weighted by Gasteiger charge is -2.50. The van der Waals surface area contributed by atoms with Crippen molar-refractivity contribution in [2.24, 2.45) is 0 Å². The van der Waals surface area contributed by atoms with E-state index in [0.717, 1.165) is 44.4 Å². The molecule has 1 aromatic rings. The summed E-state index contributed by atoms with van der Waals surface area (Å²) < 4.78 is 5.44. The van der Waals surface area contributed by atoms with Crippen molar-refractivity contribution < 1.29 is 4.74 Å². The Kier molecular flexibility index (Phi) is 5.63. The molecule has 1 aliphatic carbocycles. The Bertz CT molecular complexity index is 495. The van der Waals surface area contributed by atoms with E-state index in [4.69, 9.17) is 16.3 Å². The van der Waals surface area contributed by atoms with Gasteiger partial charge in [-0.15, -0.1) is 0 Å². The first kappa shape index (κ1) is 17.2. The van der Waals surface area contributed by atoms with Crippen molar-refractivity contribution in [3.63, 3.8) is 0 Å². The fraction of sp³-hybridized carbons (Fsp3) is 0.684. The Hall–Kier alpha value is -0.610. The van der Waals surface area contributed by atoms with E-state index in [0.29, 0.717) is 11.5 Å². The van der Waals surface area contributed by atoms with E-state index >= 15 is 0 Å². The second kappa shape index (κ2) is 7.52. The molecule has 3 rings (SSSR count). The second-order valence-electron chi connectivity index (χ2n) is 7.13. The first-order chi connectivity index (χ1) is 11.1. The molecule has 0 spiro atoms. The zero-order chi connectivity index (χ0) is 16.3. The molecule has 23 heavy (non-hydrogen) atoms. The van der Waals surface area contributed by atoms with Gasteiger partial charge in [0.25, 0.3) is 0 Å². The zero-order valence-electron chi connectivity index (χ0n) is 14.4. The molecule has 1 heterocycles. The van der Waals surface area contributed by atoms with E-state index in [1.807, 2.05) is 12.1 Å². The molecule has 0 bridgehead atoms. The van der Waals surface area contributed by atoms with Crippen LogP contribution in [0.3, 0.4) is 0 Å². The van der Waals surface area contributed by atoms with Gasteiger partial charge in [0.2, 0.25) is 0 Å². The highest BCUT2D eigenvalue weighted by Crippen LogP contribution is 2.48. The van der Waals surface area contributed by atoms with Gasteiger partial charge in [0.15, 0.2) is 0 Å². The summed E-state index contributed by atoms with van der Waals surface area (Å²) in [6, 6.07) is 9.09. The van der Waals surface area contributed by atoms with Crippen LogP contribution in [0, 0.1) is 0 Å². The predicted octanol–water partition coefficient (Wildman–Crippen LogP) is 3.41. The maximum Gasteiger partial charge on any atom is 0.0594 e. The largest absolute Gasteiger partial charge is 0.379 e. The van der Waals surface area contributed by atoms with E-state index < -0.39 is 0 Å². The summed E-state index contributed by atoms with van der Waals surface area (Å²) in [7, 11) is 2.28. The number of morpholine rings is 1. The lowest BCUT2D eigenvalue weighted by molar-refractivity contribution is 0.0264. The maximum atomic E-state index is 6.07. The molecule has 1 aliphatic heterocycles. The molecule has 3 nitrogen and oxygen atoms in total. The predicted molar refractivity (Wildman–Crippen MR) is 96.3 cm³/mol. The summed E-state index contributed by atoms with van der Waals surface area (Å²) in [5, 5.41) is 0.830. The van der Waals surface area contributed by atoms with Gasteiger partial charge in [0.1, 0.15) is 0 Å². The summed E-state index contributed by atoms with van der Waals surface area (Å²) in [6.07, 6.45) is 3.92. The van der Waals surface area contributed by atoms with Gasteiger partial charge in [-0.2, -0.15) is 0 Å². The molecule has 1 unspecified atom stereocenters. The molecule has 4 heteroatoms. The van der Waals surface area contributed by atoms with Gasteiger partial charge in [-0.25, -0.2) is 0 Å².